The van der Waals surface area contributed by atoms with Crippen LogP contribution in [0.25, 0.3) is 0 Å². The fourth-order valence-electron chi connectivity index (χ4n) is 2.38. The second kappa shape index (κ2) is 6.26. The standard InChI is InChI=1S/C17H13BrClF2O/c18-14-4-5-15(16(19)7-14)17(20,21)8-11-2-1-3-12(6-11)13-9-22-10-13/h1-8,13H,9-10H2. The summed E-state index contributed by atoms with van der Waals surface area (Å²) in [4.78, 5) is 0. The van der Waals surface area contributed by atoms with Crippen LogP contribution in [-0.4, -0.2) is 13.2 Å². The molecule has 0 aliphatic carbocycles. The van der Waals surface area contributed by atoms with Gasteiger partial charge in [-0.15, -0.1) is 0 Å². The molecule has 5 heteroatoms. The predicted octanol–water partition coefficient (Wildman–Crippen LogP) is 5.56. The van der Waals surface area contributed by atoms with Crippen LogP contribution in [0.5, 0.6) is 0 Å². The minimum Gasteiger partial charge on any atom is -0.380 e. The number of ether oxygens (including phenoxy) is 1. The molecule has 115 valence electrons. The van der Waals surface area contributed by atoms with Gasteiger partial charge in [-0.2, -0.15) is 0 Å². The fraction of sp³-hybridized carbons (Fsp3) is 0.235. The van der Waals surface area contributed by atoms with Gasteiger partial charge < -0.3 is 4.74 Å². The molecule has 0 N–H and O–H groups in total. The molecule has 0 atom stereocenters. The Morgan fingerprint density at radius 2 is 1.95 bits per heavy atom. The Balaban J connectivity index is 1.84. The highest BCUT2D eigenvalue weighted by Gasteiger charge is 2.34. The Morgan fingerprint density at radius 1 is 1.18 bits per heavy atom. The van der Waals surface area contributed by atoms with Crippen molar-refractivity contribution in [1.82, 2.24) is 0 Å². The van der Waals surface area contributed by atoms with E-state index >= 15 is 0 Å². The van der Waals surface area contributed by atoms with Crippen molar-refractivity contribution < 1.29 is 13.5 Å². The summed E-state index contributed by atoms with van der Waals surface area (Å²) in [5.74, 6) is -2.83. The molecule has 1 aliphatic heterocycles. The Hall–Kier alpha value is -0.970. The first-order valence-corrected chi connectivity index (χ1v) is 8.00. The van der Waals surface area contributed by atoms with Crippen molar-refractivity contribution in [3.63, 3.8) is 0 Å². The summed E-state index contributed by atoms with van der Waals surface area (Å²) in [6.45, 7) is 1.30. The topological polar surface area (TPSA) is 9.23 Å². The lowest BCUT2D eigenvalue weighted by Crippen LogP contribution is -2.25. The van der Waals surface area contributed by atoms with Crippen LogP contribution >= 0.6 is 27.5 Å². The molecule has 0 saturated carbocycles. The molecule has 0 aromatic heterocycles. The van der Waals surface area contributed by atoms with Crippen molar-refractivity contribution in [3.8, 4) is 0 Å². The van der Waals surface area contributed by atoms with Gasteiger partial charge in [0.25, 0.3) is 5.92 Å². The molecular formula is C17H13BrClF2O. The van der Waals surface area contributed by atoms with Crippen molar-refractivity contribution in [2.75, 3.05) is 13.2 Å². The van der Waals surface area contributed by atoms with Gasteiger partial charge in [0.15, 0.2) is 0 Å². The quantitative estimate of drug-likeness (QED) is 0.668. The van der Waals surface area contributed by atoms with E-state index in [1.54, 1.807) is 24.3 Å². The van der Waals surface area contributed by atoms with Gasteiger partial charge >= 0.3 is 0 Å². The van der Waals surface area contributed by atoms with Gasteiger partial charge in [0, 0.05) is 16.0 Å². The van der Waals surface area contributed by atoms with Crippen molar-refractivity contribution in [3.05, 3.63) is 75.1 Å². The largest absolute Gasteiger partial charge is 0.380 e. The Morgan fingerprint density at radius 3 is 2.59 bits per heavy atom. The summed E-state index contributed by atoms with van der Waals surface area (Å²) in [5, 5.41) is 0.0409. The molecule has 3 rings (SSSR count). The number of halogens is 4. The highest BCUT2D eigenvalue weighted by Crippen LogP contribution is 2.39. The molecule has 0 amide bonds. The summed E-state index contributed by atoms with van der Waals surface area (Å²) < 4.78 is 34.8. The van der Waals surface area contributed by atoms with Crippen LogP contribution in [0.15, 0.2) is 46.9 Å². The van der Waals surface area contributed by atoms with Crippen molar-refractivity contribution in [2.45, 2.75) is 11.8 Å². The Kier molecular flexibility index (Phi) is 4.53. The lowest BCUT2D eigenvalue weighted by Gasteiger charge is -2.27. The first-order chi connectivity index (χ1) is 10.5. The zero-order valence-electron chi connectivity index (χ0n) is 11.5. The molecule has 1 saturated heterocycles. The van der Waals surface area contributed by atoms with E-state index in [1.165, 1.54) is 12.1 Å². The van der Waals surface area contributed by atoms with E-state index in [9.17, 15) is 8.78 Å². The SMILES string of the molecule is FC(F)([CH]c1cccc(C2COC2)c1)c1ccc(Br)cc1Cl. The van der Waals surface area contributed by atoms with Crippen LogP contribution in [0, 0.1) is 6.42 Å². The average Bonchev–Trinajstić information content (AvgIpc) is 2.35. The van der Waals surface area contributed by atoms with Crippen LogP contribution in [-0.2, 0) is 10.7 Å². The summed E-state index contributed by atoms with van der Waals surface area (Å²) in [6, 6.07) is 11.6. The Bertz CT molecular complexity index is 686. The fourth-order valence-corrected chi connectivity index (χ4v) is 3.18. The van der Waals surface area contributed by atoms with E-state index in [2.05, 4.69) is 15.9 Å². The molecule has 0 bridgehead atoms. The summed E-state index contributed by atoms with van der Waals surface area (Å²) >= 11 is 9.17. The lowest BCUT2D eigenvalue weighted by molar-refractivity contribution is 0.00834. The molecule has 1 aliphatic rings. The molecule has 1 heterocycles. The smallest absolute Gasteiger partial charge is 0.282 e. The predicted molar refractivity (Wildman–Crippen MR) is 86.5 cm³/mol. The second-order valence-electron chi connectivity index (χ2n) is 5.30. The molecule has 1 fully saturated rings. The first kappa shape index (κ1) is 15.9. The summed E-state index contributed by atoms with van der Waals surface area (Å²) in [6.07, 6.45) is 0.950. The summed E-state index contributed by atoms with van der Waals surface area (Å²) in [7, 11) is 0. The number of hydrogen-bond acceptors (Lipinski definition) is 1. The minimum atomic E-state index is -3.13. The third-order valence-electron chi connectivity index (χ3n) is 3.66. The number of hydrogen-bond donors (Lipinski definition) is 0. The second-order valence-corrected chi connectivity index (χ2v) is 6.62. The van der Waals surface area contributed by atoms with Gasteiger partial charge in [0.2, 0.25) is 0 Å². The molecule has 1 radical (unpaired) electrons. The first-order valence-electron chi connectivity index (χ1n) is 6.83. The van der Waals surface area contributed by atoms with Gasteiger partial charge in [-0.25, -0.2) is 8.78 Å². The van der Waals surface area contributed by atoms with Gasteiger partial charge in [0.05, 0.1) is 24.7 Å². The highest BCUT2D eigenvalue weighted by atomic mass is 79.9. The average molecular weight is 387 g/mol. The third kappa shape index (κ3) is 3.34. The third-order valence-corrected chi connectivity index (χ3v) is 4.46. The number of rotatable bonds is 4. The van der Waals surface area contributed by atoms with E-state index < -0.39 is 5.92 Å². The number of alkyl halides is 2. The highest BCUT2D eigenvalue weighted by molar-refractivity contribution is 9.10. The van der Waals surface area contributed by atoms with Gasteiger partial charge in [-0.05, 0) is 23.3 Å². The normalized spacial score (nSPS) is 15.6. The maximum Gasteiger partial charge on any atom is 0.282 e. The molecule has 22 heavy (non-hydrogen) atoms. The monoisotopic (exact) mass is 385 g/mol. The molecule has 1 nitrogen and oxygen atoms in total. The van der Waals surface area contributed by atoms with E-state index in [-0.39, 0.29) is 10.6 Å². The maximum absolute atomic E-state index is 14.5. The van der Waals surface area contributed by atoms with Gasteiger partial charge in [0.1, 0.15) is 0 Å². The van der Waals surface area contributed by atoms with E-state index in [0.717, 1.165) is 12.0 Å². The minimum absolute atomic E-state index is 0.0409. The molecular weight excluding hydrogens is 374 g/mol. The van der Waals surface area contributed by atoms with Crippen LogP contribution < -0.4 is 0 Å². The lowest BCUT2D eigenvalue weighted by atomic mass is 9.93. The zero-order chi connectivity index (χ0) is 15.7. The van der Waals surface area contributed by atoms with Crippen LogP contribution in [0.2, 0.25) is 5.02 Å². The van der Waals surface area contributed by atoms with Gasteiger partial charge in [-0.3, -0.25) is 0 Å². The van der Waals surface area contributed by atoms with Gasteiger partial charge in [-0.1, -0.05) is 57.9 Å². The van der Waals surface area contributed by atoms with Crippen molar-refractivity contribution in [2.24, 2.45) is 0 Å². The van der Waals surface area contributed by atoms with Crippen molar-refractivity contribution in [1.29, 1.82) is 0 Å². The maximum atomic E-state index is 14.5. The van der Waals surface area contributed by atoms with E-state index in [0.29, 0.717) is 29.2 Å². The van der Waals surface area contributed by atoms with Crippen LogP contribution in [0.1, 0.15) is 22.6 Å². The van der Waals surface area contributed by atoms with E-state index in [1.807, 2.05) is 6.07 Å². The van der Waals surface area contributed by atoms with E-state index in [4.69, 9.17) is 16.3 Å². The summed E-state index contributed by atoms with van der Waals surface area (Å²) in [5.41, 5.74) is 1.31. The molecule has 2 aromatic rings. The molecule has 2 aromatic carbocycles. The van der Waals surface area contributed by atoms with Crippen molar-refractivity contribution >= 4 is 27.5 Å². The zero-order valence-corrected chi connectivity index (χ0v) is 13.9. The number of benzene rings is 2. The van der Waals surface area contributed by atoms with Crippen LogP contribution in [0.3, 0.4) is 0 Å². The Labute approximate surface area is 141 Å². The molecule has 0 spiro atoms. The molecule has 0 unspecified atom stereocenters. The van der Waals surface area contributed by atoms with Crippen LogP contribution in [0.4, 0.5) is 8.78 Å².